The summed E-state index contributed by atoms with van der Waals surface area (Å²) in [7, 11) is 3.32. The monoisotopic (exact) mass is 251 g/mol. The number of carbonyl (C=O) groups excluding carboxylic acids is 1. The molecule has 1 amide bonds. The molecule has 7 heteroatoms. The van der Waals surface area contributed by atoms with Crippen LogP contribution in [0, 0.1) is 0 Å². The summed E-state index contributed by atoms with van der Waals surface area (Å²) in [6, 6.07) is 0. The SMILES string of the molecule is COc1c(N)ncnc1N1CCCN(C)C(=O)C1. The molecule has 0 unspecified atom stereocenters. The maximum absolute atomic E-state index is 11.9. The lowest BCUT2D eigenvalue weighted by Crippen LogP contribution is -2.35. The zero-order valence-electron chi connectivity index (χ0n) is 10.6. The van der Waals surface area contributed by atoms with E-state index in [1.165, 1.54) is 13.4 Å². The number of nitrogen functional groups attached to an aromatic ring is 1. The highest BCUT2D eigenvalue weighted by Gasteiger charge is 2.23. The molecule has 18 heavy (non-hydrogen) atoms. The number of carbonyl (C=O) groups is 1. The van der Waals surface area contributed by atoms with E-state index >= 15 is 0 Å². The van der Waals surface area contributed by atoms with Gasteiger partial charge < -0.3 is 20.3 Å². The molecule has 2 heterocycles. The fourth-order valence-electron chi connectivity index (χ4n) is 1.97. The van der Waals surface area contributed by atoms with Gasteiger partial charge in [-0.15, -0.1) is 0 Å². The summed E-state index contributed by atoms with van der Waals surface area (Å²) in [5.41, 5.74) is 5.74. The smallest absolute Gasteiger partial charge is 0.241 e. The number of nitrogens with two attached hydrogens (primary N) is 1. The fraction of sp³-hybridized carbons (Fsp3) is 0.545. The average Bonchev–Trinajstić information content (AvgIpc) is 2.52. The minimum absolute atomic E-state index is 0.0618. The van der Waals surface area contributed by atoms with Gasteiger partial charge in [0.2, 0.25) is 11.7 Å². The summed E-state index contributed by atoms with van der Waals surface area (Å²) in [4.78, 5) is 23.5. The van der Waals surface area contributed by atoms with E-state index in [9.17, 15) is 4.79 Å². The van der Waals surface area contributed by atoms with Crippen molar-refractivity contribution in [2.24, 2.45) is 0 Å². The number of rotatable bonds is 2. The molecule has 0 bridgehead atoms. The minimum atomic E-state index is 0.0618. The number of amides is 1. The first-order valence-corrected chi connectivity index (χ1v) is 5.77. The molecule has 2 N–H and O–H groups in total. The number of ether oxygens (including phenoxy) is 1. The van der Waals surface area contributed by atoms with Crippen LogP contribution in [-0.2, 0) is 4.79 Å². The van der Waals surface area contributed by atoms with Gasteiger partial charge in [0.15, 0.2) is 11.6 Å². The van der Waals surface area contributed by atoms with Crippen LogP contribution in [0.4, 0.5) is 11.6 Å². The molecule has 1 aliphatic heterocycles. The number of nitrogens with zero attached hydrogens (tertiary/aromatic N) is 4. The average molecular weight is 251 g/mol. The first-order chi connectivity index (χ1) is 8.63. The minimum Gasteiger partial charge on any atom is -0.490 e. The second kappa shape index (κ2) is 5.07. The summed E-state index contributed by atoms with van der Waals surface area (Å²) in [5, 5.41) is 0. The van der Waals surface area contributed by atoms with E-state index in [1.807, 2.05) is 4.90 Å². The molecular formula is C11H17N5O2. The van der Waals surface area contributed by atoms with Crippen molar-refractivity contribution in [2.75, 3.05) is 44.4 Å². The van der Waals surface area contributed by atoms with Crippen molar-refractivity contribution in [1.82, 2.24) is 14.9 Å². The van der Waals surface area contributed by atoms with Crippen LogP contribution in [0.3, 0.4) is 0 Å². The van der Waals surface area contributed by atoms with Gasteiger partial charge in [-0.25, -0.2) is 9.97 Å². The van der Waals surface area contributed by atoms with Crippen molar-refractivity contribution in [1.29, 1.82) is 0 Å². The van der Waals surface area contributed by atoms with Crippen LogP contribution in [-0.4, -0.2) is 54.6 Å². The normalized spacial score (nSPS) is 16.7. The molecule has 0 spiro atoms. The summed E-state index contributed by atoms with van der Waals surface area (Å²) in [5.74, 6) is 1.35. The second-order valence-corrected chi connectivity index (χ2v) is 4.21. The van der Waals surface area contributed by atoms with Gasteiger partial charge in [-0.2, -0.15) is 0 Å². The molecule has 1 fully saturated rings. The largest absolute Gasteiger partial charge is 0.490 e. The Morgan fingerprint density at radius 3 is 2.89 bits per heavy atom. The van der Waals surface area contributed by atoms with Crippen molar-refractivity contribution in [2.45, 2.75) is 6.42 Å². The third-order valence-electron chi connectivity index (χ3n) is 2.99. The number of hydrogen-bond donors (Lipinski definition) is 1. The molecule has 0 saturated carbocycles. The Balaban J connectivity index is 2.30. The zero-order chi connectivity index (χ0) is 13.1. The van der Waals surface area contributed by atoms with Crippen molar-refractivity contribution in [3.63, 3.8) is 0 Å². The number of methoxy groups -OCH3 is 1. The summed E-state index contributed by atoms with van der Waals surface area (Å²) < 4.78 is 5.22. The summed E-state index contributed by atoms with van der Waals surface area (Å²) in [6.07, 6.45) is 2.27. The molecule has 1 aliphatic rings. The van der Waals surface area contributed by atoms with Crippen molar-refractivity contribution < 1.29 is 9.53 Å². The van der Waals surface area contributed by atoms with E-state index in [2.05, 4.69) is 9.97 Å². The van der Waals surface area contributed by atoms with Gasteiger partial charge in [0.05, 0.1) is 13.7 Å². The highest BCUT2D eigenvalue weighted by molar-refractivity contribution is 5.82. The van der Waals surface area contributed by atoms with Gasteiger partial charge in [0, 0.05) is 20.1 Å². The quantitative estimate of drug-likeness (QED) is 0.779. The summed E-state index contributed by atoms with van der Waals surface area (Å²) >= 11 is 0. The van der Waals surface area contributed by atoms with E-state index in [0.29, 0.717) is 11.6 Å². The van der Waals surface area contributed by atoms with Crippen LogP contribution in [0.2, 0.25) is 0 Å². The third-order valence-corrected chi connectivity index (χ3v) is 2.99. The molecule has 1 aromatic rings. The predicted molar refractivity (Wildman–Crippen MR) is 67.5 cm³/mol. The van der Waals surface area contributed by atoms with Crippen LogP contribution in [0.15, 0.2) is 6.33 Å². The molecule has 2 rings (SSSR count). The van der Waals surface area contributed by atoms with Crippen molar-refractivity contribution in [3.8, 4) is 5.75 Å². The Morgan fingerprint density at radius 1 is 1.39 bits per heavy atom. The Morgan fingerprint density at radius 2 is 2.17 bits per heavy atom. The molecule has 0 radical (unpaired) electrons. The van der Waals surface area contributed by atoms with E-state index in [1.54, 1.807) is 11.9 Å². The molecular weight excluding hydrogens is 234 g/mol. The number of anilines is 2. The molecule has 0 aromatic carbocycles. The maximum atomic E-state index is 11.9. The molecule has 1 aromatic heterocycles. The van der Waals surface area contributed by atoms with Gasteiger partial charge in [0.1, 0.15) is 6.33 Å². The topological polar surface area (TPSA) is 84.6 Å². The molecule has 0 atom stereocenters. The Hall–Kier alpha value is -2.05. The first kappa shape index (κ1) is 12.4. The Bertz CT molecular complexity index is 451. The Labute approximate surface area is 106 Å². The van der Waals surface area contributed by atoms with E-state index < -0.39 is 0 Å². The van der Waals surface area contributed by atoms with Crippen LogP contribution in [0.25, 0.3) is 0 Å². The predicted octanol–water partition coefficient (Wildman–Crippen LogP) is -0.264. The van der Waals surface area contributed by atoms with Crippen molar-refractivity contribution >= 4 is 17.5 Å². The van der Waals surface area contributed by atoms with Crippen LogP contribution >= 0.6 is 0 Å². The van der Waals surface area contributed by atoms with Gasteiger partial charge in [0.25, 0.3) is 0 Å². The van der Waals surface area contributed by atoms with E-state index in [4.69, 9.17) is 10.5 Å². The maximum Gasteiger partial charge on any atom is 0.241 e. The molecule has 1 saturated heterocycles. The van der Waals surface area contributed by atoms with Crippen LogP contribution in [0.5, 0.6) is 5.75 Å². The third kappa shape index (κ3) is 2.29. The highest BCUT2D eigenvalue weighted by Crippen LogP contribution is 2.30. The van der Waals surface area contributed by atoms with Crippen LogP contribution < -0.4 is 15.4 Å². The fourth-order valence-corrected chi connectivity index (χ4v) is 1.97. The summed E-state index contributed by atoms with van der Waals surface area (Å²) in [6.45, 7) is 1.77. The van der Waals surface area contributed by atoms with Gasteiger partial charge in [-0.05, 0) is 6.42 Å². The standard InChI is InChI=1S/C11H17N5O2/c1-15-4-3-5-16(6-8(15)17)11-9(18-2)10(12)13-7-14-11/h7H,3-6H2,1-2H3,(H2,12,13,14). The van der Waals surface area contributed by atoms with Crippen LogP contribution in [0.1, 0.15) is 6.42 Å². The van der Waals surface area contributed by atoms with Gasteiger partial charge in [-0.3, -0.25) is 4.79 Å². The number of hydrogen-bond acceptors (Lipinski definition) is 6. The molecule has 7 nitrogen and oxygen atoms in total. The molecule has 0 aliphatic carbocycles. The lowest BCUT2D eigenvalue weighted by atomic mass is 10.3. The highest BCUT2D eigenvalue weighted by atomic mass is 16.5. The molecule has 98 valence electrons. The van der Waals surface area contributed by atoms with Gasteiger partial charge >= 0.3 is 0 Å². The number of aromatic nitrogens is 2. The van der Waals surface area contributed by atoms with Gasteiger partial charge in [-0.1, -0.05) is 0 Å². The first-order valence-electron chi connectivity index (χ1n) is 5.77. The number of likely N-dealkylation sites (N-methyl/N-ethyl adjacent to an activating group) is 1. The van der Waals surface area contributed by atoms with E-state index in [-0.39, 0.29) is 18.3 Å². The lowest BCUT2D eigenvalue weighted by molar-refractivity contribution is -0.127. The van der Waals surface area contributed by atoms with E-state index in [0.717, 1.165) is 19.5 Å². The van der Waals surface area contributed by atoms with Crippen molar-refractivity contribution in [3.05, 3.63) is 6.33 Å². The zero-order valence-corrected chi connectivity index (χ0v) is 10.6. The Kier molecular flexibility index (Phi) is 3.50. The second-order valence-electron chi connectivity index (χ2n) is 4.21. The lowest BCUT2D eigenvalue weighted by Gasteiger charge is -2.22.